The molecule has 2 atom stereocenters. The van der Waals surface area contributed by atoms with Gasteiger partial charge in [-0.2, -0.15) is 0 Å². The van der Waals surface area contributed by atoms with E-state index in [1.54, 1.807) is 0 Å². The Balaban J connectivity index is 3.09. The van der Waals surface area contributed by atoms with Crippen LogP contribution in [-0.4, -0.2) is 0 Å². The van der Waals surface area contributed by atoms with E-state index in [2.05, 4.69) is 70.0 Å². The molecule has 0 saturated heterocycles. The van der Waals surface area contributed by atoms with Gasteiger partial charge in [-0.3, -0.25) is 0 Å². The van der Waals surface area contributed by atoms with Crippen LogP contribution in [-0.2, 0) is 0 Å². The third kappa shape index (κ3) is 2.33. The first-order valence-corrected chi connectivity index (χ1v) is 5.83. The van der Waals surface area contributed by atoms with Crippen molar-refractivity contribution in [3.63, 3.8) is 0 Å². The summed E-state index contributed by atoms with van der Waals surface area (Å²) in [6, 6.07) is 8.47. The molecule has 0 N–H and O–H groups in total. The quantitative estimate of drug-likeness (QED) is 0.699. The molecule has 0 aliphatic heterocycles. The number of rotatable bonds is 2. The van der Waals surface area contributed by atoms with Crippen molar-refractivity contribution in [1.29, 1.82) is 0 Å². The zero-order valence-electron chi connectivity index (χ0n) is 7.22. The molecule has 1 aromatic carbocycles. The monoisotopic (exact) mass is 290 g/mol. The lowest BCUT2D eigenvalue weighted by Crippen LogP contribution is -1.93. The highest BCUT2D eigenvalue weighted by molar-refractivity contribution is 9.09. The Hall–Kier alpha value is 0.180. The third-order valence-corrected chi connectivity index (χ3v) is 2.84. The molecule has 0 aromatic heterocycles. The molecule has 2 heteroatoms. The fraction of sp³-hybridized carbons (Fsp3) is 0.400. The Kier molecular flexibility index (Phi) is 3.78. The van der Waals surface area contributed by atoms with Crippen molar-refractivity contribution >= 4 is 31.9 Å². The summed E-state index contributed by atoms with van der Waals surface area (Å²) in [5.41, 5.74) is 2.73. The van der Waals surface area contributed by atoms with Crippen LogP contribution in [0.15, 0.2) is 24.3 Å². The fourth-order valence-electron chi connectivity index (χ4n) is 1.24. The van der Waals surface area contributed by atoms with E-state index in [9.17, 15) is 0 Å². The SMILES string of the molecule is CC(Br)c1ccccc1C(C)Br. The molecule has 0 fully saturated rings. The van der Waals surface area contributed by atoms with Gasteiger partial charge in [-0.15, -0.1) is 0 Å². The van der Waals surface area contributed by atoms with Crippen LogP contribution < -0.4 is 0 Å². The molecule has 2 unspecified atom stereocenters. The highest BCUT2D eigenvalue weighted by Crippen LogP contribution is 2.32. The van der Waals surface area contributed by atoms with Gasteiger partial charge >= 0.3 is 0 Å². The maximum absolute atomic E-state index is 3.58. The van der Waals surface area contributed by atoms with Crippen LogP contribution in [0.25, 0.3) is 0 Å². The molecule has 0 aliphatic carbocycles. The van der Waals surface area contributed by atoms with Crippen molar-refractivity contribution in [3.05, 3.63) is 35.4 Å². The molecule has 0 aliphatic rings. The lowest BCUT2D eigenvalue weighted by Gasteiger charge is -2.12. The summed E-state index contributed by atoms with van der Waals surface area (Å²) >= 11 is 7.16. The molecule has 0 bridgehead atoms. The number of hydrogen-bond donors (Lipinski definition) is 0. The van der Waals surface area contributed by atoms with Crippen LogP contribution in [0, 0.1) is 0 Å². The smallest absolute Gasteiger partial charge is 0.0370 e. The van der Waals surface area contributed by atoms with Crippen LogP contribution in [0.2, 0.25) is 0 Å². The third-order valence-electron chi connectivity index (χ3n) is 1.85. The minimum Gasteiger partial charge on any atom is -0.0842 e. The van der Waals surface area contributed by atoms with Crippen LogP contribution in [0.4, 0.5) is 0 Å². The topological polar surface area (TPSA) is 0 Å². The van der Waals surface area contributed by atoms with Gasteiger partial charge in [-0.1, -0.05) is 56.1 Å². The Morgan fingerprint density at radius 1 is 0.917 bits per heavy atom. The maximum Gasteiger partial charge on any atom is 0.0370 e. The minimum absolute atomic E-state index is 0.425. The van der Waals surface area contributed by atoms with Gasteiger partial charge in [-0.25, -0.2) is 0 Å². The second-order valence-electron chi connectivity index (χ2n) is 2.86. The Morgan fingerprint density at radius 3 is 1.50 bits per heavy atom. The number of halogens is 2. The van der Waals surface area contributed by atoms with E-state index in [0.717, 1.165) is 0 Å². The van der Waals surface area contributed by atoms with Crippen molar-refractivity contribution in [2.75, 3.05) is 0 Å². The van der Waals surface area contributed by atoms with E-state index in [0.29, 0.717) is 9.65 Å². The van der Waals surface area contributed by atoms with Crippen molar-refractivity contribution < 1.29 is 0 Å². The Labute approximate surface area is 90.6 Å². The first kappa shape index (κ1) is 10.3. The van der Waals surface area contributed by atoms with Gasteiger partial charge in [0.15, 0.2) is 0 Å². The largest absolute Gasteiger partial charge is 0.0842 e. The predicted molar refractivity (Wildman–Crippen MR) is 61.1 cm³/mol. The molecule has 0 heterocycles. The van der Waals surface area contributed by atoms with E-state index in [4.69, 9.17) is 0 Å². The molecule has 1 aromatic rings. The van der Waals surface area contributed by atoms with Gasteiger partial charge in [-0.05, 0) is 25.0 Å². The van der Waals surface area contributed by atoms with Gasteiger partial charge in [0.25, 0.3) is 0 Å². The molecular formula is C10H12Br2. The number of benzene rings is 1. The van der Waals surface area contributed by atoms with Gasteiger partial charge < -0.3 is 0 Å². The molecule has 0 nitrogen and oxygen atoms in total. The fourth-order valence-corrected chi connectivity index (χ4v) is 2.07. The second-order valence-corrected chi connectivity index (χ2v) is 5.61. The van der Waals surface area contributed by atoms with Crippen molar-refractivity contribution in [2.45, 2.75) is 23.5 Å². The molecule has 0 saturated carbocycles. The van der Waals surface area contributed by atoms with E-state index < -0.39 is 0 Å². The number of alkyl halides is 2. The zero-order chi connectivity index (χ0) is 9.14. The first-order valence-electron chi connectivity index (χ1n) is 4.00. The molecule has 0 radical (unpaired) electrons. The van der Waals surface area contributed by atoms with E-state index >= 15 is 0 Å². The van der Waals surface area contributed by atoms with Crippen molar-refractivity contribution in [3.8, 4) is 0 Å². The molecule has 66 valence electrons. The molecule has 0 spiro atoms. The molecule has 1 rings (SSSR count). The van der Waals surface area contributed by atoms with Gasteiger partial charge in [0.1, 0.15) is 0 Å². The molecule has 12 heavy (non-hydrogen) atoms. The summed E-state index contributed by atoms with van der Waals surface area (Å²) in [5, 5.41) is 0. The van der Waals surface area contributed by atoms with E-state index in [1.165, 1.54) is 11.1 Å². The van der Waals surface area contributed by atoms with Crippen molar-refractivity contribution in [2.24, 2.45) is 0 Å². The van der Waals surface area contributed by atoms with Crippen LogP contribution >= 0.6 is 31.9 Å². The summed E-state index contributed by atoms with van der Waals surface area (Å²) in [6.45, 7) is 4.29. The van der Waals surface area contributed by atoms with Crippen molar-refractivity contribution in [1.82, 2.24) is 0 Å². The van der Waals surface area contributed by atoms with Crippen LogP contribution in [0.5, 0.6) is 0 Å². The second kappa shape index (κ2) is 4.43. The lowest BCUT2D eigenvalue weighted by molar-refractivity contribution is 1.02. The summed E-state index contributed by atoms with van der Waals surface area (Å²) < 4.78 is 0. The molecule has 0 amide bonds. The van der Waals surface area contributed by atoms with Gasteiger partial charge in [0.05, 0.1) is 0 Å². The summed E-state index contributed by atoms with van der Waals surface area (Å²) in [6.07, 6.45) is 0. The van der Waals surface area contributed by atoms with Gasteiger partial charge in [0.2, 0.25) is 0 Å². The highest BCUT2D eigenvalue weighted by atomic mass is 79.9. The average Bonchev–Trinajstić information content (AvgIpc) is 2.04. The maximum atomic E-state index is 3.58. The minimum atomic E-state index is 0.425. The predicted octanol–water partition coefficient (Wildman–Crippen LogP) is 4.60. The summed E-state index contributed by atoms with van der Waals surface area (Å²) in [4.78, 5) is 0.849. The Morgan fingerprint density at radius 2 is 1.25 bits per heavy atom. The highest BCUT2D eigenvalue weighted by Gasteiger charge is 2.09. The van der Waals surface area contributed by atoms with Crippen LogP contribution in [0.1, 0.15) is 34.6 Å². The summed E-state index contributed by atoms with van der Waals surface area (Å²) in [5.74, 6) is 0. The van der Waals surface area contributed by atoms with E-state index in [-0.39, 0.29) is 0 Å². The van der Waals surface area contributed by atoms with E-state index in [1.807, 2.05) is 0 Å². The van der Waals surface area contributed by atoms with Crippen LogP contribution in [0.3, 0.4) is 0 Å². The Bertz CT molecular complexity index is 227. The molecular weight excluding hydrogens is 280 g/mol. The first-order chi connectivity index (χ1) is 5.63. The van der Waals surface area contributed by atoms with Gasteiger partial charge in [0, 0.05) is 9.65 Å². The normalized spacial score (nSPS) is 15.7. The summed E-state index contributed by atoms with van der Waals surface area (Å²) in [7, 11) is 0. The number of hydrogen-bond acceptors (Lipinski definition) is 0. The zero-order valence-corrected chi connectivity index (χ0v) is 10.4. The lowest BCUT2D eigenvalue weighted by atomic mass is 10.0. The average molecular weight is 292 g/mol. The standard InChI is InChI=1S/C10H12Br2/c1-7(11)9-5-3-4-6-10(9)8(2)12/h3-8H,1-2H3.